The van der Waals surface area contributed by atoms with Crippen molar-refractivity contribution in [3.63, 3.8) is 0 Å². The predicted molar refractivity (Wildman–Crippen MR) is 78.5 cm³/mol. The van der Waals surface area contributed by atoms with E-state index in [0.717, 1.165) is 0 Å². The molecule has 6 heteroatoms. The first kappa shape index (κ1) is 14.3. The molecule has 2 nitrogen and oxygen atoms in total. The minimum absolute atomic E-state index is 0.326. The van der Waals surface area contributed by atoms with Crippen molar-refractivity contribution in [3.8, 4) is 0 Å². The second-order valence-electron chi connectivity index (χ2n) is 3.71. The molecule has 98 valence electrons. The lowest BCUT2D eigenvalue weighted by Gasteiger charge is -2.08. The van der Waals surface area contributed by atoms with Crippen molar-refractivity contribution in [1.82, 2.24) is 0 Å². The fourth-order valence-corrected chi connectivity index (χ4v) is 2.27. The van der Waals surface area contributed by atoms with Gasteiger partial charge in [-0.1, -0.05) is 23.2 Å². The van der Waals surface area contributed by atoms with E-state index >= 15 is 0 Å². The first-order valence-electron chi connectivity index (χ1n) is 5.19. The lowest BCUT2D eigenvalue weighted by molar-refractivity contribution is 0.102. The van der Waals surface area contributed by atoms with Crippen molar-refractivity contribution < 1.29 is 9.18 Å². The van der Waals surface area contributed by atoms with Gasteiger partial charge in [0.05, 0.1) is 15.6 Å². The highest BCUT2D eigenvalue weighted by Crippen LogP contribution is 2.26. The maximum absolute atomic E-state index is 12.9. The molecule has 0 saturated carbocycles. The molecule has 0 saturated heterocycles. The third-order valence-corrected chi connectivity index (χ3v) is 3.75. The predicted octanol–water partition coefficient (Wildman–Crippen LogP) is 5.15. The van der Waals surface area contributed by atoms with E-state index in [9.17, 15) is 9.18 Å². The van der Waals surface area contributed by atoms with Gasteiger partial charge in [-0.3, -0.25) is 4.79 Å². The molecule has 0 atom stereocenters. The van der Waals surface area contributed by atoms with Crippen molar-refractivity contribution in [2.45, 2.75) is 0 Å². The molecule has 2 aromatic rings. The molecule has 0 unspecified atom stereocenters. The topological polar surface area (TPSA) is 29.1 Å². The Morgan fingerprint density at radius 1 is 1.11 bits per heavy atom. The molecule has 0 aliphatic carbocycles. The molecule has 19 heavy (non-hydrogen) atoms. The molecule has 0 bridgehead atoms. The number of amides is 1. The second kappa shape index (κ2) is 5.90. The van der Waals surface area contributed by atoms with Crippen LogP contribution in [0.2, 0.25) is 10.0 Å². The highest BCUT2D eigenvalue weighted by atomic mass is 79.9. The number of rotatable bonds is 2. The molecule has 2 rings (SSSR count). The lowest BCUT2D eigenvalue weighted by Crippen LogP contribution is -2.12. The third kappa shape index (κ3) is 3.47. The minimum Gasteiger partial charge on any atom is -0.322 e. The smallest absolute Gasteiger partial charge is 0.256 e. The normalized spacial score (nSPS) is 10.3. The number of hydrogen-bond donors (Lipinski definition) is 1. The van der Waals surface area contributed by atoms with E-state index in [4.69, 9.17) is 23.2 Å². The number of nitrogens with one attached hydrogen (secondary N) is 1. The summed E-state index contributed by atoms with van der Waals surface area (Å²) in [6.07, 6.45) is 0. The highest BCUT2D eigenvalue weighted by molar-refractivity contribution is 9.10. The maximum atomic E-state index is 12.9. The average Bonchev–Trinajstić information content (AvgIpc) is 2.33. The van der Waals surface area contributed by atoms with Crippen molar-refractivity contribution in [2.75, 3.05) is 5.32 Å². The molecule has 2 aromatic carbocycles. The summed E-state index contributed by atoms with van der Waals surface area (Å²) in [5.74, 6) is -0.789. The van der Waals surface area contributed by atoms with Crippen LogP contribution < -0.4 is 5.32 Å². The van der Waals surface area contributed by atoms with Crippen LogP contribution >= 0.6 is 39.1 Å². The van der Waals surface area contributed by atoms with E-state index in [2.05, 4.69) is 21.2 Å². The largest absolute Gasteiger partial charge is 0.322 e. The Morgan fingerprint density at radius 3 is 2.47 bits per heavy atom. The number of halogens is 4. The Morgan fingerprint density at radius 2 is 1.84 bits per heavy atom. The van der Waals surface area contributed by atoms with Gasteiger partial charge in [0.2, 0.25) is 0 Å². The summed E-state index contributed by atoms with van der Waals surface area (Å²) in [5.41, 5.74) is 0.836. The average molecular weight is 363 g/mol. The zero-order chi connectivity index (χ0) is 14.0. The third-order valence-electron chi connectivity index (χ3n) is 2.35. The van der Waals surface area contributed by atoms with E-state index in [0.29, 0.717) is 25.8 Å². The van der Waals surface area contributed by atoms with E-state index in [1.54, 1.807) is 18.2 Å². The summed E-state index contributed by atoms with van der Waals surface area (Å²) < 4.78 is 13.3. The van der Waals surface area contributed by atoms with Crippen LogP contribution in [-0.2, 0) is 0 Å². The standard InChI is InChI=1S/C13H7BrCl2FNO/c14-10-5-7(17)1-3-9(10)13(19)18-8-2-4-11(15)12(16)6-8/h1-6H,(H,18,19). The van der Waals surface area contributed by atoms with Crippen molar-refractivity contribution >= 4 is 50.7 Å². The van der Waals surface area contributed by atoms with Crippen LogP contribution in [0.25, 0.3) is 0 Å². The quantitative estimate of drug-likeness (QED) is 0.786. The molecule has 0 aliphatic rings. The summed E-state index contributed by atoms with van der Waals surface area (Å²) in [6, 6.07) is 8.59. The SMILES string of the molecule is O=C(Nc1ccc(Cl)c(Cl)c1)c1ccc(F)cc1Br. The Kier molecular flexibility index (Phi) is 4.45. The van der Waals surface area contributed by atoms with Crippen LogP contribution in [0.4, 0.5) is 10.1 Å². The van der Waals surface area contributed by atoms with Crippen LogP contribution in [0.3, 0.4) is 0 Å². The van der Waals surface area contributed by atoms with Gasteiger partial charge in [-0.2, -0.15) is 0 Å². The van der Waals surface area contributed by atoms with Crippen molar-refractivity contribution in [3.05, 3.63) is 62.3 Å². The van der Waals surface area contributed by atoms with Gasteiger partial charge in [0.1, 0.15) is 5.82 Å². The Balaban J connectivity index is 2.23. The van der Waals surface area contributed by atoms with Crippen LogP contribution in [0.5, 0.6) is 0 Å². The molecule has 0 fully saturated rings. The Bertz CT molecular complexity index is 649. The summed E-state index contributed by atoms with van der Waals surface area (Å²) in [4.78, 5) is 12.0. The van der Waals surface area contributed by atoms with Gasteiger partial charge in [-0.05, 0) is 52.3 Å². The van der Waals surface area contributed by atoms with Gasteiger partial charge in [-0.15, -0.1) is 0 Å². The number of benzene rings is 2. The monoisotopic (exact) mass is 361 g/mol. The molecule has 0 spiro atoms. The Labute approximate surface area is 127 Å². The number of carbonyl (C=O) groups excluding carboxylic acids is 1. The first-order valence-corrected chi connectivity index (χ1v) is 6.74. The van der Waals surface area contributed by atoms with Gasteiger partial charge in [0.25, 0.3) is 5.91 Å². The summed E-state index contributed by atoms with van der Waals surface area (Å²) in [7, 11) is 0. The van der Waals surface area contributed by atoms with E-state index in [1.807, 2.05) is 0 Å². The van der Waals surface area contributed by atoms with Gasteiger partial charge in [-0.25, -0.2) is 4.39 Å². The number of hydrogen-bond acceptors (Lipinski definition) is 1. The van der Waals surface area contributed by atoms with Gasteiger partial charge >= 0.3 is 0 Å². The highest BCUT2D eigenvalue weighted by Gasteiger charge is 2.11. The van der Waals surface area contributed by atoms with Crippen LogP contribution in [-0.4, -0.2) is 5.91 Å². The maximum Gasteiger partial charge on any atom is 0.256 e. The number of anilines is 1. The summed E-state index contributed by atoms with van der Waals surface area (Å²) in [6.45, 7) is 0. The van der Waals surface area contributed by atoms with Crippen LogP contribution in [0.1, 0.15) is 10.4 Å². The van der Waals surface area contributed by atoms with Gasteiger partial charge in [0, 0.05) is 10.2 Å². The summed E-state index contributed by atoms with van der Waals surface area (Å²) >= 11 is 14.8. The van der Waals surface area contributed by atoms with Gasteiger partial charge < -0.3 is 5.32 Å². The molecular weight excluding hydrogens is 356 g/mol. The Hall–Kier alpha value is -1.10. The number of carbonyl (C=O) groups is 1. The second-order valence-corrected chi connectivity index (χ2v) is 5.38. The minimum atomic E-state index is -0.419. The van der Waals surface area contributed by atoms with E-state index in [-0.39, 0.29) is 5.91 Å². The molecular formula is C13H7BrCl2FNO. The van der Waals surface area contributed by atoms with Gasteiger partial charge in [0.15, 0.2) is 0 Å². The summed E-state index contributed by atoms with van der Waals surface area (Å²) in [5, 5.41) is 3.40. The first-order chi connectivity index (χ1) is 8.97. The van der Waals surface area contributed by atoms with Crippen molar-refractivity contribution in [2.24, 2.45) is 0 Å². The van der Waals surface area contributed by atoms with E-state index in [1.165, 1.54) is 18.2 Å². The molecule has 0 radical (unpaired) electrons. The fraction of sp³-hybridized carbons (Fsp3) is 0. The fourth-order valence-electron chi connectivity index (χ4n) is 1.45. The molecule has 0 heterocycles. The molecule has 1 amide bonds. The van der Waals surface area contributed by atoms with Crippen molar-refractivity contribution in [1.29, 1.82) is 0 Å². The molecule has 1 N–H and O–H groups in total. The lowest BCUT2D eigenvalue weighted by atomic mass is 10.2. The van der Waals surface area contributed by atoms with E-state index < -0.39 is 5.82 Å². The van der Waals surface area contributed by atoms with Crippen LogP contribution in [0, 0.1) is 5.82 Å². The molecule has 0 aromatic heterocycles. The zero-order valence-electron chi connectivity index (χ0n) is 9.38. The molecule has 0 aliphatic heterocycles. The van der Waals surface area contributed by atoms with Crippen LogP contribution in [0.15, 0.2) is 40.9 Å². The zero-order valence-corrected chi connectivity index (χ0v) is 12.5.